The minimum atomic E-state index is -1.91. The van der Waals surface area contributed by atoms with Crippen LogP contribution in [0, 0.1) is 0 Å². The number of para-hydroxylation sites is 4. The van der Waals surface area contributed by atoms with E-state index in [9.17, 15) is 0 Å². The lowest BCUT2D eigenvalue weighted by Crippen LogP contribution is -2.58. The summed E-state index contributed by atoms with van der Waals surface area (Å²) in [6, 6.07) is 73.6. The number of hydrogen-bond acceptors (Lipinski definition) is 2. The van der Waals surface area contributed by atoms with Crippen molar-refractivity contribution in [2.24, 2.45) is 0 Å². The van der Waals surface area contributed by atoms with Crippen molar-refractivity contribution in [2.75, 3.05) is 9.80 Å². The van der Waals surface area contributed by atoms with E-state index in [1.54, 1.807) is 0 Å². The molecule has 69 heavy (non-hydrogen) atoms. The molecule has 1 aliphatic carbocycles. The maximum atomic E-state index is 2.54. The van der Waals surface area contributed by atoms with Crippen molar-refractivity contribution in [1.82, 2.24) is 0 Å². The summed E-state index contributed by atoms with van der Waals surface area (Å²) in [5, 5.41) is 13.4. The highest BCUT2D eigenvalue weighted by atomic mass is 28.3. The van der Waals surface area contributed by atoms with E-state index < -0.39 is 8.07 Å². The minimum absolute atomic E-state index is 0.0922. The van der Waals surface area contributed by atoms with Gasteiger partial charge in [0.05, 0.1) is 17.1 Å². The van der Waals surface area contributed by atoms with Crippen LogP contribution in [0.15, 0.2) is 194 Å². The lowest BCUT2D eigenvalue weighted by Gasteiger charge is -2.42. The lowest BCUT2D eigenvalue weighted by atomic mass is 9.73. The molecule has 0 fully saturated rings. The first kappa shape index (κ1) is 40.4. The summed E-state index contributed by atoms with van der Waals surface area (Å²) in [5.41, 5.74) is 17.9. The lowest BCUT2D eigenvalue weighted by molar-refractivity contribution is 0.631. The highest BCUT2D eigenvalue weighted by Crippen LogP contribution is 2.55. The Hall–Kier alpha value is -7.72. The van der Waals surface area contributed by atoms with Crippen molar-refractivity contribution in [1.29, 1.82) is 0 Å². The van der Waals surface area contributed by atoms with Crippen molar-refractivity contribution < 1.29 is 0 Å². The van der Waals surface area contributed by atoms with Crippen LogP contribution in [0.1, 0.15) is 61.1 Å². The zero-order valence-electron chi connectivity index (χ0n) is 40.0. The average molecular weight is 901 g/mol. The van der Waals surface area contributed by atoms with Gasteiger partial charge in [-0.1, -0.05) is 205 Å². The number of hydrogen-bond donors (Lipinski definition) is 0. The third-order valence-corrected chi connectivity index (χ3v) is 20.1. The van der Waals surface area contributed by atoms with Crippen LogP contribution in [-0.4, -0.2) is 8.07 Å². The second-order valence-electron chi connectivity index (χ2n) is 21.3. The molecule has 0 saturated carbocycles. The first-order valence-electron chi connectivity index (χ1n) is 24.6. The zero-order valence-corrected chi connectivity index (χ0v) is 41.0. The van der Waals surface area contributed by atoms with Crippen LogP contribution in [0.2, 0.25) is 13.1 Å². The van der Waals surface area contributed by atoms with Crippen LogP contribution in [0.5, 0.6) is 0 Å². The Bertz CT molecular complexity index is 3900. The van der Waals surface area contributed by atoms with E-state index in [0.29, 0.717) is 0 Å². The van der Waals surface area contributed by atoms with E-state index in [1.807, 2.05) is 0 Å². The fourth-order valence-corrected chi connectivity index (χ4v) is 16.1. The van der Waals surface area contributed by atoms with Gasteiger partial charge in [0, 0.05) is 33.3 Å². The maximum Gasteiger partial charge on any atom is 0.117 e. The van der Waals surface area contributed by atoms with Crippen LogP contribution >= 0.6 is 0 Å². The monoisotopic (exact) mass is 900 g/mol. The Balaban J connectivity index is 0.841. The number of anilines is 6. The van der Waals surface area contributed by atoms with Gasteiger partial charge in [-0.15, -0.1) is 0 Å². The highest BCUT2D eigenvalue weighted by molar-refractivity contribution is 7.02. The molecule has 11 aromatic rings. The summed E-state index contributed by atoms with van der Waals surface area (Å²) < 4.78 is 0. The minimum Gasteiger partial charge on any atom is -0.310 e. The van der Waals surface area contributed by atoms with Crippen molar-refractivity contribution in [2.45, 2.75) is 51.6 Å². The molecule has 0 saturated heterocycles. The van der Waals surface area contributed by atoms with Gasteiger partial charge in [-0.2, -0.15) is 0 Å². The summed E-state index contributed by atoms with van der Waals surface area (Å²) in [7, 11) is -1.91. The fourth-order valence-electron chi connectivity index (χ4n) is 13.1. The summed E-state index contributed by atoms with van der Waals surface area (Å²) in [5.74, 6) is 0. The molecule has 2 aliphatic heterocycles. The molecule has 0 aromatic heterocycles. The van der Waals surface area contributed by atoms with E-state index in [0.717, 1.165) is 0 Å². The molecule has 0 atom stereocenters. The van der Waals surface area contributed by atoms with Crippen LogP contribution in [-0.2, 0) is 10.8 Å². The molecular weight excluding hydrogens is 849 g/mol. The van der Waals surface area contributed by atoms with E-state index in [4.69, 9.17) is 0 Å². The van der Waals surface area contributed by atoms with Gasteiger partial charge in [0.1, 0.15) is 8.07 Å². The summed E-state index contributed by atoms with van der Waals surface area (Å²) in [6.45, 7) is 14.5. The van der Waals surface area contributed by atoms with Crippen molar-refractivity contribution in [3.63, 3.8) is 0 Å². The van der Waals surface area contributed by atoms with Crippen molar-refractivity contribution in [3.05, 3.63) is 228 Å². The molecule has 2 heterocycles. The number of fused-ring (bicyclic) bond motifs is 9. The molecule has 14 rings (SSSR count). The normalized spacial score (nSPS) is 15.9. The van der Waals surface area contributed by atoms with Crippen LogP contribution < -0.4 is 20.2 Å². The first-order chi connectivity index (χ1) is 33.5. The van der Waals surface area contributed by atoms with E-state index in [2.05, 4.69) is 257 Å². The molecule has 0 N–H and O–H groups in total. The topological polar surface area (TPSA) is 6.48 Å². The Kier molecular flexibility index (Phi) is 8.28. The van der Waals surface area contributed by atoms with Gasteiger partial charge in [0.15, 0.2) is 0 Å². The highest BCUT2D eigenvalue weighted by Gasteiger charge is 2.41. The Morgan fingerprint density at radius 2 is 0.855 bits per heavy atom. The SMILES string of the molecule is CC1(C)c2cc(C=Cc3ccc4c5cccc6c(N7c8ccccc8[Si](C)(C)c8ccccc87)ccc(c7cccc3c47)c65)ccc2-c2ccc(N3c4ccccc4C(C)(C)c4ccccc43)cc21. The molecule has 3 aliphatic rings. The fraction of sp³-hybridized carbons (Fsp3) is 0.121. The number of benzene rings is 11. The summed E-state index contributed by atoms with van der Waals surface area (Å²) in [4.78, 5) is 5.02. The Labute approximate surface area is 405 Å². The molecule has 0 radical (unpaired) electrons. The number of rotatable bonds is 4. The molecule has 0 spiro atoms. The molecular formula is C66H52N2Si. The maximum absolute atomic E-state index is 2.54. The van der Waals surface area contributed by atoms with Gasteiger partial charge in [-0.3, -0.25) is 0 Å². The van der Waals surface area contributed by atoms with E-state index >= 15 is 0 Å². The average Bonchev–Trinajstić information content (AvgIpc) is 3.60. The van der Waals surface area contributed by atoms with Gasteiger partial charge in [-0.25, -0.2) is 0 Å². The van der Waals surface area contributed by atoms with Crippen LogP contribution in [0.25, 0.3) is 66.4 Å². The predicted octanol–water partition coefficient (Wildman–Crippen LogP) is 16.9. The predicted molar refractivity (Wildman–Crippen MR) is 299 cm³/mol. The molecule has 0 bridgehead atoms. The van der Waals surface area contributed by atoms with E-state index in [-0.39, 0.29) is 10.8 Å². The van der Waals surface area contributed by atoms with Crippen LogP contribution in [0.4, 0.5) is 34.1 Å². The van der Waals surface area contributed by atoms with Gasteiger partial charge < -0.3 is 9.80 Å². The molecule has 3 heteroatoms. The van der Waals surface area contributed by atoms with Crippen molar-refractivity contribution >= 4 is 108 Å². The smallest absolute Gasteiger partial charge is 0.117 e. The standard InChI is InChI=1S/C66H52N2Si/c1-65(2)52-21-7-9-23-57(52)67(58-24-10-8-22-53(58)65)43-33-36-46-45-34-30-41(39-54(45)66(3,4)55(46)40-43)29-31-42-32-35-49-48-19-16-20-51-56(38-37-50(64(48)51)47-18-15-17-44(42)63(47)49)68-59-25-11-13-27-61(59)69(5,6)62-28-14-12-26-60(62)68/h7-40H,1-6H3. The second-order valence-corrected chi connectivity index (χ2v) is 25.6. The Morgan fingerprint density at radius 3 is 1.51 bits per heavy atom. The third kappa shape index (κ3) is 5.48. The van der Waals surface area contributed by atoms with Gasteiger partial charge in [0.25, 0.3) is 0 Å². The van der Waals surface area contributed by atoms with Gasteiger partial charge in [0.2, 0.25) is 0 Å². The number of nitrogens with zero attached hydrogens (tertiary/aromatic N) is 2. The zero-order chi connectivity index (χ0) is 46.6. The van der Waals surface area contributed by atoms with Gasteiger partial charge in [-0.05, 0) is 135 Å². The second kappa shape index (κ2) is 14.2. The molecule has 0 amide bonds. The summed E-state index contributed by atoms with van der Waals surface area (Å²) in [6.07, 6.45) is 4.65. The first-order valence-corrected chi connectivity index (χ1v) is 27.6. The quantitative estimate of drug-likeness (QED) is 0.0751. The van der Waals surface area contributed by atoms with Crippen molar-refractivity contribution in [3.8, 4) is 11.1 Å². The molecule has 0 unspecified atom stereocenters. The van der Waals surface area contributed by atoms with Crippen LogP contribution in [0.3, 0.4) is 0 Å². The summed E-state index contributed by atoms with van der Waals surface area (Å²) >= 11 is 0. The largest absolute Gasteiger partial charge is 0.310 e. The third-order valence-electron chi connectivity index (χ3n) is 16.6. The van der Waals surface area contributed by atoms with Gasteiger partial charge >= 0.3 is 0 Å². The Morgan fingerprint density at radius 1 is 0.362 bits per heavy atom. The molecule has 2 nitrogen and oxygen atoms in total. The molecule has 11 aromatic carbocycles. The van der Waals surface area contributed by atoms with E-state index in [1.165, 1.54) is 132 Å². The molecule has 330 valence electrons.